The Balaban J connectivity index is 2.43. The molecule has 4 heteroatoms. The fourth-order valence-electron chi connectivity index (χ4n) is 1.11. The average molecular weight is 275 g/mol. The summed E-state index contributed by atoms with van der Waals surface area (Å²) < 4.78 is 1.01. The van der Waals surface area contributed by atoms with E-state index >= 15 is 0 Å². The molecule has 78 valence electrons. The molecule has 1 rings (SSSR count). The molecule has 0 fully saturated rings. The van der Waals surface area contributed by atoms with E-state index in [1.54, 1.807) is 6.20 Å². The lowest BCUT2D eigenvalue weighted by Gasteiger charge is -2.14. The van der Waals surface area contributed by atoms with E-state index in [0.29, 0.717) is 6.04 Å². The van der Waals surface area contributed by atoms with E-state index in [4.69, 9.17) is 0 Å². The summed E-state index contributed by atoms with van der Waals surface area (Å²) in [4.78, 5) is 4.10. The maximum atomic E-state index is 4.10. The summed E-state index contributed by atoms with van der Waals surface area (Å²) >= 11 is 5.34. The number of nitrogens with zero attached hydrogens (tertiary/aromatic N) is 1. The van der Waals surface area contributed by atoms with Crippen LogP contribution in [0.15, 0.2) is 22.9 Å². The summed E-state index contributed by atoms with van der Waals surface area (Å²) in [6, 6.07) is 2.52. The predicted octanol–water partition coefficient (Wildman–Crippen LogP) is 3.40. The number of halogens is 1. The van der Waals surface area contributed by atoms with E-state index in [-0.39, 0.29) is 0 Å². The van der Waals surface area contributed by atoms with Gasteiger partial charge < -0.3 is 5.32 Å². The monoisotopic (exact) mass is 274 g/mol. The summed E-state index contributed by atoms with van der Waals surface area (Å²) in [6.07, 6.45) is 3.63. The Morgan fingerprint density at radius 3 is 3.00 bits per heavy atom. The number of nitrogens with one attached hydrogen (secondary N) is 1. The fraction of sp³-hybridized carbons (Fsp3) is 0.500. The summed E-state index contributed by atoms with van der Waals surface area (Å²) in [7, 11) is 0. The molecule has 1 aromatic rings. The predicted molar refractivity (Wildman–Crippen MR) is 68.0 cm³/mol. The van der Waals surface area contributed by atoms with Gasteiger partial charge in [-0.25, -0.2) is 0 Å². The lowest BCUT2D eigenvalue weighted by atomic mass is 10.3. The van der Waals surface area contributed by atoms with Crippen LogP contribution in [0.1, 0.15) is 13.8 Å². The summed E-state index contributed by atoms with van der Waals surface area (Å²) in [5.41, 5.74) is 1.07. The Kier molecular flexibility index (Phi) is 5.33. The van der Waals surface area contributed by atoms with Crippen molar-refractivity contribution >= 4 is 33.4 Å². The topological polar surface area (TPSA) is 24.9 Å². The second kappa shape index (κ2) is 6.30. The van der Waals surface area contributed by atoms with Crippen LogP contribution in [0, 0.1) is 0 Å². The number of pyridine rings is 1. The molecule has 0 aliphatic carbocycles. The van der Waals surface area contributed by atoms with Crippen molar-refractivity contribution < 1.29 is 0 Å². The standard InChI is InChI=1S/C10H15BrN2S/c1-3-14-7-8(2)13-10-4-9(11)5-12-6-10/h4-6,8,13H,3,7H2,1-2H3. The molecule has 1 aromatic heterocycles. The summed E-state index contributed by atoms with van der Waals surface area (Å²) in [6.45, 7) is 4.36. The third kappa shape index (κ3) is 4.33. The molecule has 0 aliphatic heterocycles. The number of thioether (sulfide) groups is 1. The molecule has 1 heterocycles. The van der Waals surface area contributed by atoms with Gasteiger partial charge in [-0.1, -0.05) is 6.92 Å². The average Bonchev–Trinajstić information content (AvgIpc) is 2.15. The first kappa shape index (κ1) is 11.9. The highest BCUT2D eigenvalue weighted by atomic mass is 79.9. The van der Waals surface area contributed by atoms with Crippen LogP contribution in [0.2, 0.25) is 0 Å². The Morgan fingerprint density at radius 2 is 2.36 bits per heavy atom. The molecule has 2 nitrogen and oxygen atoms in total. The lowest BCUT2D eigenvalue weighted by molar-refractivity contribution is 0.911. The molecule has 0 bridgehead atoms. The van der Waals surface area contributed by atoms with Crippen molar-refractivity contribution in [2.75, 3.05) is 16.8 Å². The van der Waals surface area contributed by atoms with Crippen LogP contribution in [0.4, 0.5) is 5.69 Å². The van der Waals surface area contributed by atoms with E-state index in [0.717, 1.165) is 15.9 Å². The molecule has 1 atom stereocenters. The highest BCUT2D eigenvalue weighted by molar-refractivity contribution is 9.10. The van der Waals surface area contributed by atoms with Crippen LogP contribution >= 0.6 is 27.7 Å². The van der Waals surface area contributed by atoms with Crippen LogP contribution in [0.5, 0.6) is 0 Å². The van der Waals surface area contributed by atoms with Gasteiger partial charge in [0, 0.05) is 22.5 Å². The van der Waals surface area contributed by atoms with E-state index in [1.165, 1.54) is 5.75 Å². The van der Waals surface area contributed by atoms with E-state index in [9.17, 15) is 0 Å². The fourth-order valence-corrected chi connectivity index (χ4v) is 2.15. The molecule has 0 radical (unpaired) electrons. The van der Waals surface area contributed by atoms with Gasteiger partial charge in [-0.15, -0.1) is 0 Å². The van der Waals surface area contributed by atoms with Crippen LogP contribution < -0.4 is 5.32 Å². The molecule has 0 aliphatic rings. The van der Waals surface area contributed by atoms with Crippen LogP contribution in [0.25, 0.3) is 0 Å². The Hall–Kier alpha value is -0.220. The van der Waals surface area contributed by atoms with Crippen molar-refractivity contribution in [3.63, 3.8) is 0 Å². The number of hydrogen-bond acceptors (Lipinski definition) is 3. The first-order valence-electron chi connectivity index (χ1n) is 4.67. The zero-order valence-electron chi connectivity index (χ0n) is 8.46. The van der Waals surface area contributed by atoms with E-state index < -0.39 is 0 Å². The molecule has 14 heavy (non-hydrogen) atoms. The molecular formula is C10H15BrN2S. The second-order valence-corrected chi connectivity index (χ2v) is 5.33. The quantitative estimate of drug-likeness (QED) is 0.891. The minimum absolute atomic E-state index is 0.482. The molecule has 0 saturated carbocycles. The second-order valence-electron chi connectivity index (χ2n) is 3.10. The van der Waals surface area contributed by atoms with Gasteiger partial charge in [0.05, 0.1) is 11.9 Å². The SMILES string of the molecule is CCSCC(C)Nc1cncc(Br)c1. The van der Waals surface area contributed by atoms with Gasteiger partial charge in [-0.3, -0.25) is 4.98 Å². The number of anilines is 1. The Morgan fingerprint density at radius 1 is 1.57 bits per heavy atom. The third-order valence-corrected chi connectivity index (χ3v) is 3.27. The van der Waals surface area contributed by atoms with Gasteiger partial charge in [-0.2, -0.15) is 11.8 Å². The van der Waals surface area contributed by atoms with Crippen molar-refractivity contribution in [3.8, 4) is 0 Å². The maximum absolute atomic E-state index is 4.10. The van der Waals surface area contributed by atoms with Crippen molar-refractivity contribution in [2.24, 2.45) is 0 Å². The van der Waals surface area contributed by atoms with Crippen molar-refractivity contribution in [2.45, 2.75) is 19.9 Å². The minimum Gasteiger partial charge on any atom is -0.380 e. The molecule has 0 aromatic carbocycles. The first-order valence-corrected chi connectivity index (χ1v) is 6.62. The third-order valence-electron chi connectivity index (χ3n) is 1.69. The van der Waals surface area contributed by atoms with Crippen LogP contribution in [0.3, 0.4) is 0 Å². The van der Waals surface area contributed by atoms with Gasteiger partial charge in [0.25, 0.3) is 0 Å². The molecule has 0 amide bonds. The maximum Gasteiger partial charge on any atom is 0.0540 e. The summed E-state index contributed by atoms with van der Waals surface area (Å²) in [5, 5.41) is 3.40. The smallest absolute Gasteiger partial charge is 0.0540 e. The van der Waals surface area contributed by atoms with Gasteiger partial charge in [-0.05, 0) is 34.7 Å². The Labute approximate surface area is 98.0 Å². The molecule has 1 unspecified atom stereocenters. The van der Waals surface area contributed by atoms with Gasteiger partial charge >= 0.3 is 0 Å². The number of hydrogen-bond donors (Lipinski definition) is 1. The van der Waals surface area contributed by atoms with Crippen molar-refractivity contribution in [3.05, 3.63) is 22.9 Å². The highest BCUT2D eigenvalue weighted by Crippen LogP contribution is 2.15. The van der Waals surface area contributed by atoms with Gasteiger partial charge in [0.2, 0.25) is 0 Å². The largest absolute Gasteiger partial charge is 0.380 e. The normalized spacial score (nSPS) is 12.5. The number of aromatic nitrogens is 1. The van der Waals surface area contributed by atoms with E-state index in [1.807, 2.05) is 24.0 Å². The first-order chi connectivity index (χ1) is 6.72. The zero-order valence-corrected chi connectivity index (χ0v) is 10.9. The number of rotatable bonds is 5. The molecule has 1 N–H and O–H groups in total. The molecule has 0 saturated heterocycles. The van der Waals surface area contributed by atoms with Crippen molar-refractivity contribution in [1.82, 2.24) is 4.98 Å². The zero-order chi connectivity index (χ0) is 10.4. The minimum atomic E-state index is 0.482. The van der Waals surface area contributed by atoms with Gasteiger partial charge in [0.1, 0.15) is 0 Å². The molecule has 0 spiro atoms. The Bertz CT molecular complexity index is 281. The van der Waals surface area contributed by atoms with Gasteiger partial charge in [0.15, 0.2) is 0 Å². The van der Waals surface area contributed by atoms with Crippen molar-refractivity contribution in [1.29, 1.82) is 0 Å². The lowest BCUT2D eigenvalue weighted by Crippen LogP contribution is -2.18. The molecular weight excluding hydrogens is 260 g/mol. The van der Waals surface area contributed by atoms with Crippen LogP contribution in [-0.2, 0) is 0 Å². The van der Waals surface area contributed by atoms with E-state index in [2.05, 4.69) is 40.1 Å². The van der Waals surface area contributed by atoms with Crippen LogP contribution in [-0.4, -0.2) is 22.5 Å². The highest BCUT2D eigenvalue weighted by Gasteiger charge is 2.01. The summed E-state index contributed by atoms with van der Waals surface area (Å²) in [5.74, 6) is 2.30.